The molecule has 0 bridgehead atoms. The fourth-order valence-electron chi connectivity index (χ4n) is 3.38. The van der Waals surface area contributed by atoms with Gasteiger partial charge in [0.15, 0.2) is 5.82 Å². The molecule has 154 valence electrons. The second-order valence-electron chi connectivity index (χ2n) is 6.83. The zero-order valence-electron chi connectivity index (χ0n) is 15.9. The molecule has 0 aromatic carbocycles. The van der Waals surface area contributed by atoms with Crippen molar-refractivity contribution in [3.63, 3.8) is 0 Å². The van der Waals surface area contributed by atoms with Gasteiger partial charge in [0.1, 0.15) is 24.0 Å². The molecular formula is C16H25N6O5P. The van der Waals surface area contributed by atoms with Gasteiger partial charge in [-0.25, -0.2) is 9.97 Å². The number of aromatic nitrogens is 3. The van der Waals surface area contributed by atoms with Crippen LogP contribution in [0, 0.1) is 0 Å². The van der Waals surface area contributed by atoms with Crippen LogP contribution >= 0.6 is 8.60 Å². The number of amidine groups is 1. The van der Waals surface area contributed by atoms with E-state index in [1.807, 2.05) is 36.7 Å². The zero-order chi connectivity index (χ0) is 20.4. The largest absolute Gasteiger partial charge is 0.394 e. The first-order valence-corrected chi connectivity index (χ1v) is 10.1. The highest BCUT2D eigenvalue weighted by Gasteiger charge is 2.32. The molecule has 4 heterocycles. The molecule has 2 atom stereocenters. The van der Waals surface area contributed by atoms with Crippen molar-refractivity contribution in [2.75, 3.05) is 18.7 Å². The fourth-order valence-corrected chi connectivity index (χ4v) is 3.38. The maximum Gasteiger partial charge on any atom is 0.324 e. The summed E-state index contributed by atoms with van der Waals surface area (Å²) in [5, 5.41) is 12.2. The van der Waals surface area contributed by atoms with Crippen molar-refractivity contribution in [3.05, 3.63) is 18.1 Å². The molecule has 4 rings (SSSR count). The monoisotopic (exact) mass is 412 g/mol. The van der Waals surface area contributed by atoms with E-state index in [2.05, 4.69) is 15.4 Å². The molecule has 5 N–H and O–H groups in total. The topological polar surface area (TPSA) is 148 Å². The first-order valence-electron chi connectivity index (χ1n) is 8.89. The lowest BCUT2D eigenvalue weighted by Gasteiger charge is -2.26. The van der Waals surface area contributed by atoms with E-state index < -0.39 is 8.60 Å². The molecular weight excluding hydrogens is 387 g/mol. The predicted octanol–water partition coefficient (Wildman–Crippen LogP) is 0.401. The third kappa shape index (κ3) is 4.24. The van der Waals surface area contributed by atoms with Crippen LogP contribution in [0.5, 0.6) is 0 Å². The van der Waals surface area contributed by atoms with Gasteiger partial charge in [0.05, 0.1) is 18.1 Å². The van der Waals surface area contributed by atoms with E-state index in [4.69, 9.17) is 24.4 Å². The highest BCUT2D eigenvalue weighted by Crippen LogP contribution is 2.36. The van der Waals surface area contributed by atoms with Crippen LogP contribution in [-0.4, -0.2) is 66.0 Å². The molecule has 0 spiro atoms. The Hall–Kier alpha value is -1.88. The van der Waals surface area contributed by atoms with Crippen molar-refractivity contribution < 1.29 is 24.5 Å². The van der Waals surface area contributed by atoms with Crippen molar-refractivity contribution in [1.82, 2.24) is 20.0 Å². The van der Waals surface area contributed by atoms with E-state index in [-0.39, 0.29) is 25.0 Å². The summed E-state index contributed by atoms with van der Waals surface area (Å²) < 4.78 is 7.99. The Morgan fingerprint density at radius 1 is 1.32 bits per heavy atom. The highest BCUT2D eigenvalue weighted by atomic mass is 31.2. The van der Waals surface area contributed by atoms with E-state index in [1.165, 1.54) is 0 Å². The van der Waals surface area contributed by atoms with Crippen LogP contribution in [0.3, 0.4) is 0 Å². The lowest BCUT2D eigenvalue weighted by Crippen LogP contribution is -2.43. The average Bonchev–Trinajstić information content (AvgIpc) is 3.23. The second-order valence-corrected chi connectivity index (χ2v) is 7.37. The van der Waals surface area contributed by atoms with Crippen LogP contribution in [0.4, 0.5) is 5.82 Å². The van der Waals surface area contributed by atoms with E-state index in [0.717, 1.165) is 41.1 Å². The SMILES string of the molecule is CC(C)N=C1NN(C)c2ncnc3c2c1cn3C1CCC(CO)O1.OP(O)O. The Bertz CT molecular complexity index is 855. The number of nitrogens with one attached hydrogen (secondary N) is 1. The lowest BCUT2D eigenvalue weighted by atomic mass is 10.2. The van der Waals surface area contributed by atoms with Crippen LogP contribution in [0.1, 0.15) is 38.5 Å². The van der Waals surface area contributed by atoms with Crippen molar-refractivity contribution in [3.8, 4) is 0 Å². The molecule has 0 saturated carbocycles. The summed E-state index contributed by atoms with van der Waals surface area (Å²) in [6.07, 6.45) is 5.08. The number of hydrogen-bond donors (Lipinski definition) is 5. The van der Waals surface area contributed by atoms with Gasteiger partial charge in [-0.05, 0) is 26.7 Å². The summed E-state index contributed by atoms with van der Waals surface area (Å²) in [6, 6.07) is 0.173. The molecule has 1 saturated heterocycles. The van der Waals surface area contributed by atoms with Gasteiger partial charge >= 0.3 is 8.60 Å². The lowest BCUT2D eigenvalue weighted by molar-refractivity contribution is -0.0204. The normalized spacial score (nSPS) is 22.8. The second kappa shape index (κ2) is 8.64. The summed E-state index contributed by atoms with van der Waals surface area (Å²) in [7, 11) is -0.698. The van der Waals surface area contributed by atoms with Gasteiger partial charge in [-0.15, -0.1) is 0 Å². The molecule has 0 radical (unpaired) electrons. The number of ether oxygens (including phenoxy) is 1. The minimum atomic E-state index is -2.62. The Balaban J connectivity index is 0.000000516. The van der Waals surface area contributed by atoms with Crippen LogP contribution in [0.15, 0.2) is 17.5 Å². The van der Waals surface area contributed by atoms with Gasteiger partial charge in [-0.2, -0.15) is 0 Å². The van der Waals surface area contributed by atoms with E-state index in [9.17, 15) is 5.11 Å². The highest BCUT2D eigenvalue weighted by molar-refractivity contribution is 7.38. The third-order valence-corrected chi connectivity index (χ3v) is 4.42. The number of rotatable bonds is 3. The van der Waals surface area contributed by atoms with Crippen molar-refractivity contribution >= 4 is 31.3 Å². The summed E-state index contributed by atoms with van der Waals surface area (Å²) in [5.41, 5.74) is 5.11. The molecule has 2 aromatic heterocycles. The zero-order valence-corrected chi connectivity index (χ0v) is 16.8. The Morgan fingerprint density at radius 2 is 2.04 bits per heavy atom. The van der Waals surface area contributed by atoms with Crippen LogP contribution in [-0.2, 0) is 4.74 Å². The standard InChI is InChI=1S/C16H22N6O2.H3O3P/c1-9(2)19-14-11-6-22(12-5-4-10(7-23)24-12)16-13(11)15(17-8-18-16)21(3)20-14;1-4(2)3/h6,8-10,12,23H,4-5,7H2,1-3H3,(H,19,20);1-3H. The molecule has 2 aliphatic rings. The van der Waals surface area contributed by atoms with Crippen molar-refractivity contribution in [2.24, 2.45) is 4.99 Å². The first-order chi connectivity index (χ1) is 13.3. The number of aliphatic hydroxyl groups is 1. The van der Waals surface area contributed by atoms with E-state index in [1.54, 1.807) is 6.33 Å². The van der Waals surface area contributed by atoms with Crippen molar-refractivity contribution in [1.29, 1.82) is 0 Å². The number of hydrogen-bond acceptors (Lipinski definition) is 9. The van der Waals surface area contributed by atoms with E-state index in [0.29, 0.717) is 0 Å². The van der Waals surface area contributed by atoms with Gasteiger partial charge in [-0.1, -0.05) is 0 Å². The molecule has 28 heavy (non-hydrogen) atoms. The number of aliphatic imine (C=N–C) groups is 1. The van der Waals surface area contributed by atoms with Gasteiger partial charge in [0.25, 0.3) is 0 Å². The maximum absolute atomic E-state index is 9.33. The Labute approximate surface area is 163 Å². The van der Waals surface area contributed by atoms with Crippen molar-refractivity contribution in [2.45, 2.75) is 45.1 Å². The molecule has 0 amide bonds. The summed E-state index contributed by atoms with van der Waals surface area (Å²) in [5.74, 6) is 1.64. The summed E-state index contributed by atoms with van der Waals surface area (Å²) >= 11 is 0. The predicted molar refractivity (Wildman–Crippen MR) is 105 cm³/mol. The third-order valence-electron chi connectivity index (χ3n) is 4.42. The van der Waals surface area contributed by atoms with Crippen LogP contribution in [0.2, 0.25) is 0 Å². The Kier molecular flexibility index (Phi) is 6.43. The first kappa shape index (κ1) is 20.8. The maximum atomic E-state index is 9.33. The molecule has 0 aliphatic carbocycles. The summed E-state index contributed by atoms with van der Waals surface area (Å²) in [4.78, 5) is 35.3. The molecule has 2 aliphatic heterocycles. The molecule has 12 heteroatoms. The fraction of sp³-hybridized carbons (Fsp3) is 0.562. The van der Waals surface area contributed by atoms with Gasteiger partial charge in [0.2, 0.25) is 0 Å². The minimum absolute atomic E-state index is 0.0488. The Morgan fingerprint density at radius 3 is 2.64 bits per heavy atom. The van der Waals surface area contributed by atoms with Crippen LogP contribution < -0.4 is 10.4 Å². The number of nitrogens with zero attached hydrogens (tertiary/aromatic N) is 5. The summed E-state index contributed by atoms with van der Waals surface area (Å²) in [6.45, 7) is 4.14. The van der Waals surface area contributed by atoms with Gasteiger partial charge < -0.3 is 29.1 Å². The number of hydrazine groups is 1. The smallest absolute Gasteiger partial charge is 0.324 e. The van der Waals surface area contributed by atoms with E-state index >= 15 is 0 Å². The number of aliphatic hydroxyl groups excluding tert-OH is 1. The number of anilines is 1. The molecule has 11 nitrogen and oxygen atoms in total. The molecule has 1 fully saturated rings. The molecule has 2 unspecified atom stereocenters. The minimum Gasteiger partial charge on any atom is -0.394 e. The quantitative estimate of drug-likeness (QED) is 0.452. The average molecular weight is 412 g/mol. The molecule has 2 aromatic rings. The van der Waals surface area contributed by atoms with Gasteiger partial charge in [0, 0.05) is 24.8 Å². The van der Waals surface area contributed by atoms with Crippen LogP contribution in [0.25, 0.3) is 11.0 Å². The van der Waals surface area contributed by atoms with Gasteiger partial charge in [-0.3, -0.25) is 15.4 Å².